The number of hydrogen-bond donors (Lipinski definition) is 3. The van der Waals surface area contributed by atoms with E-state index in [4.69, 9.17) is 28.9 Å². The van der Waals surface area contributed by atoms with Gasteiger partial charge < -0.3 is 16.2 Å². The second-order valence-corrected chi connectivity index (χ2v) is 6.03. The van der Waals surface area contributed by atoms with Crippen molar-refractivity contribution < 1.29 is 9.90 Å². The smallest absolute Gasteiger partial charge is 0.339 e. The molecular weight excluding hydrogens is 349 g/mol. The van der Waals surface area contributed by atoms with Gasteiger partial charge in [-0.15, -0.1) is 0 Å². The second kappa shape index (κ2) is 6.55. The number of pyridine rings is 1. The summed E-state index contributed by atoms with van der Waals surface area (Å²) in [5, 5.41) is 14.2. The Bertz CT molecular complexity index is 945. The van der Waals surface area contributed by atoms with Gasteiger partial charge in [-0.25, -0.2) is 4.79 Å². The molecule has 1 aromatic heterocycles. The minimum Gasteiger partial charge on any atom is -0.478 e. The predicted molar refractivity (Wildman–Crippen MR) is 96.9 cm³/mol. The van der Waals surface area contributed by atoms with Gasteiger partial charge in [0.15, 0.2) is 0 Å². The molecule has 5 nitrogen and oxygen atoms in total. The minimum atomic E-state index is -1.07. The second-order valence-electron chi connectivity index (χ2n) is 5.18. The van der Waals surface area contributed by atoms with Crippen LogP contribution >= 0.6 is 23.2 Å². The molecule has 0 aliphatic heterocycles. The summed E-state index contributed by atoms with van der Waals surface area (Å²) >= 11 is 12.1. The molecule has 0 amide bonds. The number of fused-ring (bicyclic) bond motifs is 1. The number of hydrogen-bond acceptors (Lipinski definition) is 4. The zero-order valence-corrected chi connectivity index (χ0v) is 13.9. The molecule has 3 rings (SSSR count). The lowest BCUT2D eigenvalue weighted by molar-refractivity contribution is 0.0697. The first-order valence-corrected chi connectivity index (χ1v) is 7.81. The Morgan fingerprint density at radius 1 is 1.25 bits per heavy atom. The maximum Gasteiger partial charge on any atom is 0.339 e. The summed E-state index contributed by atoms with van der Waals surface area (Å²) < 4.78 is 0. The third-order valence-corrected chi connectivity index (χ3v) is 4.22. The van der Waals surface area contributed by atoms with Gasteiger partial charge in [0.25, 0.3) is 0 Å². The Labute approximate surface area is 148 Å². The molecule has 0 aliphatic carbocycles. The molecule has 0 saturated heterocycles. The Balaban J connectivity index is 2.05. The molecule has 0 atom stereocenters. The molecule has 0 aliphatic rings. The highest BCUT2D eigenvalue weighted by Gasteiger charge is 2.16. The molecule has 24 heavy (non-hydrogen) atoms. The van der Waals surface area contributed by atoms with E-state index >= 15 is 0 Å². The van der Waals surface area contributed by atoms with Gasteiger partial charge in [-0.1, -0.05) is 41.4 Å². The average molecular weight is 362 g/mol. The van der Waals surface area contributed by atoms with Crippen molar-refractivity contribution in [3.05, 3.63) is 63.8 Å². The number of carboxylic acids is 1. The Hall–Kier alpha value is -2.50. The molecule has 0 radical (unpaired) electrons. The molecule has 0 spiro atoms. The van der Waals surface area contributed by atoms with Crippen LogP contribution in [0.3, 0.4) is 0 Å². The SMILES string of the molecule is Nc1cccc2c(NCc3ccc(Cl)cc3Cl)c(C(=O)O)cnc12. The third kappa shape index (κ3) is 3.09. The number of benzene rings is 2. The Morgan fingerprint density at radius 3 is 2.75 bits per heavy atom. The van der Waals surface area contributed by atoms with E-state index in [9.17, 15) is 9.90 Å². The maximum atomic E-state index is 11.5. The van der Waals surface area contributed by atoms with E-state index in [1.54, 1.807) is 36.4 Å². The number of nitrogen functional groups attached to an aromatic ring is 1. The van der Waals surface area contributed by atoms with Gasteiger partial charge >= 0.3 is 5.97 Å². The number of halogens is 2. The number of anilines is 2. The summed E-state index contributed by atoms with van der Waals surface area (Å²) in [6, 6.07) is 10.4. The molecule has 0 bridgehead atoms. The van der Waals surface area contributed by atoms with Gasteiger partial charge in [0.2, 0.25) is 0 Å². The van der Waals surface area contributed by atoms with Gasteiger partial charge in [0.1, 0.15) is 5.56 Å². The topological polar surface area (TPSA) is 88.2 Å². The quantitative estimate of drug-likeness (QED) is 0.598. The number of carbonyl (C=O) groups is 1. The van der Waals surface area contributed by atoms with Crippen molar-refractivity contribution in [2.45, 2.75) is 6.54 Å². The highest BCUT2D eigenvalue weighted by molar-refractivity contribution is 6.35. The van der Waals surface area contributed by atoms with Gasteiger partial charge in [-0.3, -0.25) is 4.98 Å². The molecular formula is C17H13Cl2N3O2. The first kappa shape index (κ1) is 16.4. The number of nitrogens with one attached hydrogen (secondary N) is 1. The zero-order chi connectivity index (χ0) is 17.3. The molecule has 7 heteroatoms. The fraction of sp³-hybridized carbons (Fsp3) is 0.0588. The molecule has 1 heterocycles. The van der Waals surface area contributed by atoms with Gasteiger partial charge in [-0.05, 0) is 23.8 Å². The van der Waals surface area contributed by atoms with Crippen molar-refractivity contribution in [1.29, 1.82) is 0 Å². The molecule has 2 aromatic carbocycles. The van der Waals surface area contributed by atoms with E-state index < -0.39 is 5.97 Å². The fourth-order valence-electron chi connectivity index (χ4n) is 2.45. The first-order chi connectivity index (χ1) is 11.5. The van der Waals surface area contributed by atoms with Crippen LogP contribution in [0.1, 0.15) is 15.9 Å². The van der Waals surface area contributed by atoms with Crippen LogP contribution in [0.15, 0.2) is 42.6 Å². The van der Waals surface area contributed by atoms with Gasteiger partial charge in [0, 0.05) is 28.2 Å². The largest absolute Gasteiger partial charge is 0.478 e. The number of nitrogens with zero attached hydrogens (tertiary/aromatic N) is 1. The van der Waals surface area contributed by atoms with E-state index in [1.807, 2.05) is 0 Å². The molecule has 0 unspecified atom stereocenters. The van der Waals surface area contributed by atoms with Crippen LogP contribution in [0, 0.1) is 0 Å². The highest BCUT2D eigenvalue weighted by Crippen LogP contribution is 2.30. The van der Waals surface area contributed by atoms with Crippen LogP contribution in [0.5, 0.6) is 0 Å². The summed E-state index contributed by atoms with van der Waals surface area (Å²) in [7, 11) is 0. The van der Waals surface area contributed by atoms with Crippen LogP contribution in [0.2, 0.25) is 10.0 Å². The van der Waals surface area contributed by atoms with Crippen molar-refractivity contribution in [3.63, 3.8) is 0 Å². The van der Waals surface area contributed by atoms with E-state index in [2.05, 4.69) is 10.3 Å². The Kier molecular flexibility index (Phi) is 4.46. The lowest BCUT2D eigenvalue weighted by Gasteiger charge is -2.14. The van der Waals surface area contributed by atoms with Crippen LogP contribution in [-0.4, -0.2) is 16.1 Å². The molecule has 0 fully saturated rings. The summed E-state index contributed by atoms with van der Waals surface area (Å²) in [4.78, 5) is 15.7. The number of aromatic nitrogens is 1. The third-order valence-electron chi connectivity index (χ3n) is 3.63. The lowest BCUT2D eigenvalue weighted by atomic mass is 10.1. The predicted octanol–water partition coefficient (Wildman–Crippen LogP) is 4.43. The van der Waals surface area contributed by atoms with Crippen LogP contribution in [-0.2, 0) is 6.54 Å². The van der Waals surface area contributed by atoms with Crippen LogP contribution in [0.25, 0.3) is 10.9 Å². The summed E-state index contributed by atoms with van der Waals surface area (Å²) in [5.41, 5.74) is 8.27. The molecule has 0 saturated carbocycles. The number of aromatic carboxylic acids is 1. The number of rotatable bonds is 4. The summed E-state index contributed by atoms with van der Waals surface area (Å²) in [6.07, 6.45) is 1.30. The van der Waals surface area contributed by atoms with Crippen molar-refractivity contribution in [1.82, 2.24) is 4.98 Å². The monoisotopic (exact) mass is 361 g/mol. The van der Waals surface area contributed by atoms with Crippen LogP contribution < -0.4 is 11.1 Å². The summed E-state index contributed by atoms with van der Waals surface area (Å²) in [5.74, 6) is -1.07. The minimum absolute atomic E-state index is 0.0678. The van der Waals surface area contributed by atoms with E-state index in [1.165, 1.54) is 6.20 Å². The van der Waals surface area contributed by atoms with Crippen molar-refractivity contribution >= 4 is 51.4 Å². The van der Waals surface area contributed by atoms with Gasteiger partial charge in [0.05, 0.1) is 16.9 Å². The first-order valence-electron chi connectivity index (χ1n) is 7.05. The van der Waals surface area contributed by atoms with E-state index in [-0.39, 0.29) is 5.56 Å². The lowest BCUT2D eigenvalue weighted by Crippen LogP contribution is -2.08. The zero-order valence-electron chi connectivity index (χ0n) is 12.4. The van der Waals surface area contributed by atoms with E-state index in [0.717, 1.165) is 5.56 Å². The maximum absolute atomic E-state index is 11.5. The summed E-state index contributed by atoms with van der Waals surface area (Å²) in [6.45, 7) is 0.337. The normalized spacial score (nSPS) is 10.8. The number of para-hydroxylation sites is 1. The Morgan fingerprint density at radius 2 is 2.04 bits per heavy atom. The average Bonchev–Trinajstić information content (AvgIpc) is 2.54. The number of carboxylic acid groups (broad SMARTS) is 1. The van der Waals surface area contributed by atoms with Crippen LogP contribution in [0.4, 0.5) is 11.4 Å². The molecule has 4 N–H and O–H groups in total. The van der Waals surface area contributed by atoms with E-state index in [0.29, 0.717) is 38.9 Å². The van der Waals surface area contributed by atoms with Crippen molar-refractivity contribution in [2.24, 2.45) is 0 Å². The van der Waals surface area contributed by atoms with Crippen molar-refractivity contribution in [3.8, 4) is 0 Å². The standard InChI is InChI=1S/C17H13Cl2N3O2/c18-10-5-4-9(13(19)6-10)7-21-15-11-2-1-3-14(20)16(11)22-8-12(15)17(23)24/h1-6,8H,7,20H2,(H,21,22)(H,23,24). The highest BCUT2D eigenvalue weighted by atomic mass is 35.5. The fourth-order valence-corrected chi connectivity index (χ4v) is 2.92. The van der Waals surface area contributed by atoms with Gasteiger partial charge in [-0.2, -0.15) is 0 Å². The number of nitrogens with two attached hydrogens (primary N) is 1. The molecule has 3 aromatic rings. The molecule has 122 valence electrons. The van der Waals surface area contributed by atoms with Crippen molar-refractivity contribution in [2.75, 3.05) is 11.1 Å².